The average molecular weight is 483 g/mol. The molecule has 0 aliphatic carbocycles. The van der Waals surface area contributed by atoms with Gasteiger partial charge in [-0.15, -0.1) is 0 Å². The van der Waals surface area contributed by atoms with E-state index in [9.17, 15) is 13.2 Å². The lowest BCUT2D eigenvalue weighted by Gasteiger charge is -2.34. The summed E-state index contributed by atoms with van der Waals surface area (Å²) in [7, 11) is -3.46. The Kier molecular flexibility index (Phi) is 8.50. The van der Waals surface area contributed by atoms with Gasteiger partial charge in [-0.05, 0) is 30.0 Å². The van der Waals surface area contributed by atoms with Crippen molar-refractivity contribution in [2.75, 3.05) is 45.8 Å². The number of likely N-dealkylation sites (tertiary alicyclic amines) is 1. The van der Waals surface area contributed by atoms with E-state index in [0.29, 0.717) is 32.7 Å². The first kappa shape index (κ1) is 24.6. The average Bonchev–Trinajstić information content (AvgIpc) is 2.86. The van der Waals surface area contributed by atoms with Crippen LogP contribution in [0.2, 0.25) is 0 Å². The fourth-order valence-electron chi connectivity index (χ4n) is 4.51. The summed E-state index contributed by atoms with van der Waals surface area (Å²) in [5, 5.41) is 4.45. The van der Waals surface area contributed by atoms with E-state index in [1.807, 2.05) is 41.3 Å². The van der Waals surface area contributed by atoms with Crippen LogP contribution in [0.1, 0.15) is 24.0 Å². The Labute approximate surface area is 203 Å². The first-order chi connectivity index (χ1) is 16.5. The number of benzene rings is 2. The van der Waals surface area contributed by atoms with E-state index in [4.69, 9.17) is 0 Å². The molecular weight excluding hydrogens is 448 g/mol. The quantitative estimate of drug-likeness (QED) is 0.626. The molecule has 2 aliphatic heterocycles. The molecule has 2 heterocycles. The minimum atomic E-state index is -3.46. The summed E-state index contributed by atoms with van der Waals surface area (Å²) in [4.78, 5) is 17.0. The standard InChI is InChI=1S/C26H34N4O3S/c31-26(27-25-11-14-28(15-12-25)21-24-9-5-2-6-10-24)22-29-16-18-30(19-17-29)34(32,33)20-13-23-7-3-1-4-8-23/h1-10,13,20,25H,11-12,14-19,21-22H2,(H,27,31)/b20-13+. The number of carbonyl (C=O) groups excluding carboxylic acids is 1. The lowest BCUT2D eigenvalue weighted by atomic mass is 10.0. The number of hydrogen-bond acceptors (Lipinski definition) is 5. The fraction of sp³-hybridized carbons (Fsp3) is 0.423. The Morgan fingerprint density at radius 3 is 2.12 bits per heavy atom. The van der Waals surface area contributed by atoms with E-state index in [2.05, 4.69) is 34.5 Å². The van der Waals surface area contributed by atoms with Gasteiger partial charge in [0.15, 0.2) is 0 Å². The third-order valence-corrected chi connectivity index (χ3v) is 8.06. The van der Waals surface area contributed by atoms with Crippen LogP contribution >= 0.6 is 0 Å². The largest absolute Gasteiger partial charge is 0.352 e. The molecule has 0 radical (unpaired) electrons. The molecule has 4 rings (SSSR count). The number of nitrogens with zero attached hydrogens (tertiary/aromatic N) is 3. The topological polar surface area (TPSA) is 73.0 Å². The Bertz CT molecular complexity index is 1040. The molecule has 1 amide bonds. The van der Waals surface area contributed by atoms with Crippen LogP contribution in [-0.2, 0) is 21.4 Å². The van der Waals surface area contributed by atoms with Gasteiger partial charge in [0.1, 0.15) is 0 Å². The van der Waals surface area contributed by atoms with Gasteiger partial charge in [0.05, 0.1) is 6.54 Å². The van der Waals surface area contributed by atoms with Crippen LogP contribution in [0.5, 0.6) is 0 Å². The first-order valence-electron chi connectivity index (χ1n) is 12.0. The maximum atomic E-state index is 12.6. The first-order valence-corrected chi connectivity index (χ1v) is 13.5. The van der Waals surface area contributed by atoms with Crippen molar-refractivity contribution in [1.29, 1.82) is 0 Å². The second-order valence-electron chi connectivity index (χ2n) is 9.04. The maximum absolute atomic E-state index is 12.6. The monoisotopic (exact) mass is 482 g/mol. The molecule has 34 heavy (non-hydrogen) atoms. The lowest BCUT2D eigenvalue weighted by molar-refractivity contribution is -0.123. The third kappa shape index (κ3) is 7.24. The highest BCUT2D eigenvalue weighted by Gasteiger charge is 2.27. The summed E-state index contributed by atoms with van der Waals surface area (Å²) in [6.45, 7) is 5.13. The van der Waals surface area contributed by atoms with E-state index in [1.165, 1.54) is 15.3 Å². The number of piperidine rings is 1. The molecule has 182 valence electrons. The minimum Gasteiger partial charge on any atom is -0.352 e. The van der Waals surface area contributed by atoms with Gasteiger partial charge in [0.25, 0.3) is 0 Å². The summed E-state index contributed by atoms with van der Waals surface area (Å²) in [6.07, 6.45) is 3.54. The normalized spacial score (nSPS) is 19.4. The van der Waals surface area contributed by atoms with E-state index < -0.39 is 10.0 Å². The number of rotatable bonds is 8. The molecule has 0 aromatic heterocycles. The molecule has 2 saturated heterocycles. The van der Waals surface area contributed by atoms with E-state index in [0.717, 1.165) is 38.0 Å². The van der Waals surface area contributed by atoms with Crippen molar-refractivity contribution >= 4 is 22.0 Å². The number of nitrogens with one attached hydrogen (secondary N) is 1. The van der Waals surface area contributed by atoms with E-state index in [-0.39, 0.29) is 11.9 Å². The third-order valence-electron chi connectivity index (χ3n) is 6.49. The van der Waals surface area contributed by atoms with Crippen molar-refractivity contribution in [3.63, 3.8) is 0 Å². The zero-order valence-electron chi connectivity index (χ0n) is 19.6. The highest BCUT2D eigenvalue weighted by atomic mass is 32.2. The van der Waals surface area contributed by atoms with Gasteiger partial charge in [-0.1, -0.05) is 60.7 Å². The van der Waals surface area contributed by atoms with Crippen LogP contribution in [-0.4, -0.2) is 80.3 Å². The van der Waals surface area contributed by atoms with Gasteiger partial charge in [-0.3, -0.25) is 14.6 Å². The Balaban J connectivity index is 1.16. The molecule has 2 fully saturated rings. The second-order valence-corrected chi connectivity index (χ2v) is 10.9. The lowest BCUT2D eigenvalue weighted by Crippen LogP contribution is -2.52. The van der Waals surface area contributed by atoms with Crippen LogP contribution in [0.15, 0.2) is 66.1 Å². The maximum Gasteiger partial charge on any atom is 0.236 e. The van der Waals surface area contributed by atoms with Crippen LogP contribution in [0, 0.1) is 0 Å². The van der Waals surface area contributed by atoms with Gasteiger partial charge in [-0.2, -0.15) is 4.31 Å². The van der Waals surface area contributed by atoms with Gasteiger partial charge in [-0.25, -0.2) is 8.42 Å². The van der Waals surface area contributed by atoms with Crippen molar-refractivity contribution in [2.45, 2.75) is 25.4 Å². The minimum absolute atomic E-state index is 0.0294. The van der Waals surface area contributed by atoms with E-state index in [1.54, 1.807) is 6.08 Å². The molecule has 0 atom stereocenters. The molecule has 0 saturated carbocycles. The summed E-state index contributed by atoms with van der Waals surface area (Å²) in [5.74, 6) is 0.0294. The second kappa shape index (κ2) is 11.8. The van der Waals surface area contributed by atoms with E-state index >= 15 is 0 Å². The summed E-state index contributed by atoms with van der Waals surface area (Å²) < 4.78 is 26.7. The van der Waals surface area contributed by atoms with Crippen LogP contribution in [0.3, 0.4) is 0 Å². The molecule has 0 unspecified atom stereocenters. The molecule has 0 spiro atoms. The molecule has 2 aromatic carbocycles. The zero-order chi connectivity index (χ0) is 23.8. The number of carbonyl (C=O) groups is 1. The SMILES string of the molecule is O=C(CN1CCN(S(=O)(=O)/C=C/c2ccccc2)CC1)NC1CCN(Cc2ccccc2)CC1. The highest BCUT2D eigenvalue weighted by molar-refractivity contribution is 7.92. The van der Waals surface area contributed by atoms with Crippen LogP contribution in [0.25, 0.3) is 6.08 Å². The van der Waals surface area contributed by atoms with Gasteiger partial charge in [0, 0.05) is 57.3 Å². The highest BCUT2D eigenvalue weighted by Crippen LogP contribution is 2.15. The Hall–Kier alpha value is -2.52. The van der Waals surface area contributed by atoms with Gasteiger partial charge in [0.2, 0.25) is 15.9 Å². The van der Waals surface area contributed by atoms with Crippen molar-refractivity contribution in [2.24, 2.45) is 0 Å². The molecule has 2 aliphatic rings. The number of amides is 1. The van der Waals surface area contributed by atoms with Crippen molar-refractivity contribution in [1.82, 2.24) is 19.4 Å². The van der Waals surface area contributed by atoms with Gasteiger partial charge >= 0.3 is 0 Å². The molecule has 2 aromatic rings. The van der Waals surface area contributed by atoms with Crippen LogP contribution in [0.4, 0.5) is 0 Å². The molecular formula is C26H34N4O3S. The molecule has 0 bridgehead atoms. The summed E-state index contributed by atoms with van der Waals surface area (Å²) >= 11 is 0. The molecule has 1 N–H and O–H groups in total. The van der Waals surface area contributed by atoms with Crippen molar-refractivity contribution in [3.05, 3.63) is 77.2 Å². The number of hydrogen-bond donors (Lipinski definition) is 1. The van der Waals surface area contributed by atoms with Crippen molar-refractivity contribution in [3.8, 4) is 0 Å². The number of sulfonamides is 1. The summed E-state index contributed by atoms with van der Waals surface area (Å²) in [6, 6.07) is 20.1. The molecule has 7 nitrogen and oxygen atoms in total. The zero-order valence-corrected chi connectivity index (χ0v) is 20.4. The predicted octanol–water partition coefficient (Wildman–Crippen LogP) is 2.39. The van der Waals surface area contributed by atoms with Gasteiger partial charge < -0.3 is 5.32 Å². The van der Waals surface area contributed by atoms with Crippen LogP contribution < -0.4 is 5.32 Å². The Morgan fingerprint density at radius 2 is 1.47 bits per heavy atom. The summed E-state index contributed by atoms with van der Waals surface area (Å²) in [5.41, 5.74) is 2.17. The predicted molar refractivity (Wildman–Crippen MR) is 135 cm³/mol. The van der Waals surface area contributed by atoms with Crippen molar-refractivity contribution < 1.29 is 13.2 Å². The fourth-order valence-corrected chi connectivity index (χ4v) is 5.68. The molecule has 8 heteroatoms. The Morgan fingerprint density at radius 1 is 0.853 bits per heavy atom. The number of piperazine rings is 1. The smallest absolute Gasteiger partial charge is 0.236 e.